The molecule has 0 aromatic rings. The van der Waals surface area contributed by atoms with E-state index in [0.717, 1.165) is 30.5 Å². The average molecular weight is 266 g/mol. The highest BCUT2D eigenvalue weighted by Crippen LogP contribution is 2.33. The van der Waals surface area contributed by atoms with E-state index in [1.165, 1.54) is 64.6 Å². The Hall–Kier alpha value is -0.120. The largest absolute Gasteiger partial charge is 0.384 e. The molecule has 0 aromatic heterocycles. The van der Waals surface area contributed by atoms with E-state index in [0.29, 0.717) is 0 Å². The number of likely N-dealkylation sites (tertiary alicyclic amines) is 1. The minimum atomic E-state index is 0.816. The quantitative estimate of drug-likeness (QED) is 0.826. The van der Waals surface area contributed by atoms with Gasteiger partial charge in [-0.05, 0) is 76.4 Å². The summed E-state index contributed by atoms with van der Waals surface area (Å²) in [6.45, 7) is 4.90. The fourth-order valence-electron chi connectivity index (χ4n) is 4.39. The molecule has 0 aromatic carbocycles. The number of ether oxygens (including phenoxy) is 1. The molecule has 2 unspecified atom stereocenters. The van der Waals surface area contributed by atoms with Gasteiger partial charge in [0.25, 0.3) is 0 Å². The zero-order valence-electron chi connectivity index (χ0n) is 12.4. The summed E-state index contributed by atoms with van der Waals surface area (Å²) in [5.74, 6) is 1.81. The van der Waals surface area contributed by atoms with Crippen molar-refractivity contribution in [3.05, 3.63) is 0 Å². The van der Waals surface area contributed by atoms with Crippen LogP contribution in [-0.2, 0) is 4.74 Å². The third-order valence-corrected chi connectivity index (χ3v) is 5.53. The molecule has 3 aliphatic rings. The summed E-state index contributed by atoms with van der Waals surface area (Å²) in [5, 5.41) is 3.75. The highest BCUT2D eigenvalue weighted by atomic mass is 16.5. The van der Waals surface area contributed by atoms with E-state index in [9.17, 15) is 0 Å². The van der Waals surface area contributed by atoms with Gasteiger partial charge in [-0.2, -0.15) is 0 Å². The van der Waals surface area contributed by atoms with Gasteiger partial charge in [-0.1, -0.05) is 0 Å². The highest BCUT2D eigenvalue weighted by Gasteiger charge is 2.33. The number of nitrogens with one attached hydrogen (secondary N) is 1. The Morgan fingerprint density at radius 2 is 1.68 bits per heavy atom. The van der Waals surface area contributed by atoms with E-state index < -0.39 is 0 Å². The van der Waals surface area contributed by atoms with E-state index in [2.05, 4.69) is 10.2 Å². The number of hydrogen-bond donors (Lipinski definition) is 1. The summed E-state index contributed by atoms with van der Waals surface area (Å²) >= 11 is 0. The first-order valence-corrected chi connectivity index (χ1v) is 8.31. The SMILES string of the molecule is COCC1CCN(CCC2CC3CCC(C2)N3)CC1. The van der Waals surface area contributed by atoms with Crippen LogP contribution in [0.5, 0.6) is 0 Å². The minimum Gasteiger partial charge on any atom is -0.384 e. The number of hydrogen-bond acceptors (Lipinski definition) is 3. The zero-order valence-corrected chi connectivity index (χ0v) is 12.4. The molecule has 0 amide bonds. The van der Waals surface area contributed by atoms with Crippen molar-refractivity contribution in [2.75, 3.05) is 33.4 Å². The zero-order chi connectivity index (χ0) is 13.1. The van der Waals surface area contributed by atoms with Crippen LogP contribution >= 0.6 is 0 Å². The Labute approximate surface area is 118 Å². The van der Waals surface area contributed by atoms with Crippen LogP contribution in [0.25, 0.3) is 0 Å². The lowest BCUT2D eigenvalue weighted by molar-refractivity contribution is 0.0953. The van der Waals surface area contributed by atoms with Crippen molar-refractivity contribution >= 4 is 0 Å². The molecule has 0 spiro atoms. The lowest BCUT2D eigenvalue weighted by Crippen LogP contribution is -2.40. The van der Waals surface area contributed by atoms with E-state index in [-0.39, 0.29) is 0 Å². The molecule has 19 heavy (non-hydrogen) atoms. The van der Waals surface area contributed by atoms with Gasteiger partial charge in [-0.3, -0.25) is 0 Å². The number of methoxy groups -OCH3 is 1. The smallest absolute Gasteiger partial charge is 0.0491 e. The van der Waals surface area contributed by atoms with Crippen molar-refractivity contribution in [2.45, 2.75) is 57.0 Å². The lowest BCUT2D eigenvalue weighted by atomic mass is 9.89. The number of nitrogens with zero attached hydrogens (tertiary/aromatic N) is 1. The fraction of sp³-hybridized carbons (Fsp3) is 1.00. The van der Waals surface area contributed by atoms with Crippen LogP contribution in [0.15, 0.2) is 0 Å². The van der Waals surface area contributed by atoms with Crippen LogP contribution < -0.4 is 5.32 Å². The molecule has 3 saturated heterocycles. The standard InChI is InChI=1S/C16H30N2O/c1-19-12-13-4-7-18(8-5-13)9-6-14-10-15-2-3-16(11-14)17-15/h13-17H,2-12H2,1H3. The maximum atomic E-state index is 5.28. The first kappa shape index (κ1) is 13.8. The van der Waals surface area contributed by atoms with Crippen molar-refractivity contribution in [1.82, 2.24) is 10.2 Å². The van der Waals surface area contributed by atoms with E-state index in [1.807, 2.05) is 7.11 Å². The van der Waals surface area contributed by atoms with Crippen LogP contribution in [0, 0.1) is 11.8 Å². The molecule has 0 saturated carbocycles. The van der Waals surface area contributed by atoms with Gasteiger partial charge in [-0.25, -0.2) is 0 Å². The fourth-order valence-corrected chi connectivity index (χ4v) is 4.39. The average Bonchev–Trinajstić information content (AvgIpc) is 2.77. The predicted molar refractivity (Wildman–Crippen MR) is 78.3 cm³/mol. The number of rotatable bonds is 5. The van der Waals surface area contributed by atoms with Crippen molar-refractivity contribution in [3.63, 3.8) is 0 Å². The van der Waals surface area contributed by atoms with Crippen molar-refractivity contribution in [3.8, 4) is 0 Å². The summed E-state index contributed by atoms with van der Waals surface area (Å²) in [4.78, 5) is 2.69. The Morgan fingerprint density at radius 3 is 2.32 bits per heavy atom. The molecule has 3 heteroatoms. The minimum absolute atomic E-state index is 0.816. The molecule has 3 heterocycles. The Bertz CT molecular complexity index is 264. The van der Waals surface area contributed by atoms with Crippen LogP contribution in [0.3, 0.4) is 0 Å². The third kappa shape index (κ3) is 3.71. The summed E-state index contributed by atoms with van der Waals surface area (Å²) in [6.07, 6.45) is 9.86. The molecule has 0 radical (unpaired) electrons. The van der Waals surface area contributed by atoms with Gasteiger partial charge in [-0.15, -0.1) is 0 Å². The Morgan fingerprint density at radius 1 is 1.00 bits per heavy atom. The van der Waals surface area contributed by atoms with Gasteiger partial charge in [0.1, 0.15) is 0 Å². The van der Waals surface area contributed by atoms with Crippen LogP contribution in [0.2, 0.25) is 0 Å². The lowest BCUT2D eigenvalue weighted by Gasteiger charge is -2.34. The van der Waals surface area contributed by atoms with Crippen molar-refractivity contribution in [2.24, 2.45) is 11.8 Å². The topological polar surface area (TPSA) is 24.5 Å². The van der Waals surface area contributed by atoms with Gasteiger partial charge >= 0.3 is 0 Å². The van der Waals surface area contributed by atoms with Gasteiger partial charge in [0.15, 0.2) is 0 Å². The monoisotopic (exact) mass is 266 g/mol. The number of fused-ring (bicyclic) bond motifs is 2. The molecule has 3 nitrogen and oxygen atoms in total. The van der Waals surface area contributed by atoms with E-state index in [1.54, 1.807) is 0 Å². The maximum Gasteiger partial charge on any atom is 0.0491 e. The Balaban J connectivity index is 1.34. The molecule has 2 bridgehead atoms. The second kappa shape index (κ2) is 6.55. The second-order valence-electron chi connectivity index (χ2n) is 7.00. The molecule has 3 aliphatic heterocycles. The third-order valence-electron chi connectivity index (χ3n) is 5.53. The summed E-state index contributed by atoms with van der Waals surface area (Å²) in [5.41, 5.74) is 0. The van der Waals surface area contributed by atoms with E-state index in [4.69, 9.17) is 4.74 Å². The second-order valence-corrected chi connectivity index (χ2v) is 7.00. The van der Waals surface area contributed by atoms with Gasteiger partial charge in [0.05, 0.1) is 0 Å². The normalized spacial score (nSPS) is 36.8. The van der Waals surface area contributed by atoms with Crippen LogP contribution in [0.1, 0.15) is 44.9 Å². The first-order chi connectivity index (χ1) is 9.33. The summed E-state index contributed by atoms with van der Waals surface area (Å²) in [7, 11) is 1.83. The molecule has 0 aliphatic carbocycles. The van der Waals surface area contributed by atoms with Crippen molar-refractivity contribution in [1.29, 1.82) is 0 Å². The molecular formula is C16H30N2O. The molecular weight excluding hydrogens is 236 g/mol. The van der Waals surface area contributed by atoms with Gasteiger partial charge in [0.2, 0.25) is 0 Å². The summed E-state index contributed by atoms with van der Waals surface area (Å²) < 4.78 is 5.28. The van der Waals surface area contributed by atoms with Gasteiger partial charge < -0.3 is 15.0 Å². The maximum absolute atomic E-state index is 5.28. The van der Waals surface area contributed by atoms with Crippen molar-refractivity contribution < 1.29 is 4.74 Å². The van der Waals surface area contributed by atoms with Gasteiger partial charge in [0, 0.05) is 25.8 Å². The van der Waals surface area contributed by atoms with E-state index >= 15 is 0 Å². The highest BCUT2D eigenvalue weighted by molar-refractivity contribution is 4.92. The molecule has 110 valence electrons. The number of piperidine rings is 2. The van der Waals surface area contributed by atoms with Crippen LogP contribution in [-0.4, -0.2) is 50.3 Å². The molecule has 3 fully saturated rings. The molecule has 3 rings (SSSR count). The first-order valence-electron chi connectivity index (χ1n) is 8.31. The predicted octanol–water partition coefficient (Wildman–Crippen LogP) is 2.27. The molecule has 1 N–H and O–H groups in total. The molecule has 2 atom stereocenters. The van der Waals surface area contributed by atoms with Crippen LogP contribution in [0.4, 0.5) is 0 Å². The Kier molecular flexibility index (Phi) is 4.78. The summed E-state index contributed by atoms with van der Waals surface area (Å²) in [6, 6.07) is 1.72.